The van der Waals surface area contributed by atoms with Crippen molar-refractivity contribution < 1.29 is 19.1 Å². The number of amides is 1. The van der Waals surface area contributed by atoms with E-state index in [4.69, 9.17) is 4.42 Å². The SMILES string of the molecule is Cc1ccc(NC(=O)c2oc(C3CC3)nc2C)c(C(=O)O)c1. The van der Waals surface area contributed by atoms with E-state index in [2.05, 4.69) is 10.3 Å². The fourth-order valence-electron chi connectivity index (χ4n) is 2.26. The number of aryl methyl sites for hydroxylation is 2. The first-order valence-corrected chi connectivity index (χ1v) is 7.08. The second-order valence-corrected chi connectivity index (χ2v) is 5.55. The number of benzene rings is 1. The quantitative estimate of drug-likeness (QED) is 0.905. The molecule has 1 amide bonds. The number of hydrogen-bond acceptors (Lipinski definition) is 4. The van der Waals surface area contributed by atoms with Crippen LogP contribution >= 0.6 is 0 Å². The number of anilines is 1. The molecule has 0 bridgehead atoms. The van der Waals surface area contributed by atoms with Crippen LogP contribution in [0.5, 0.6) is 0 Å². The molecule has 0 spiro atoms. The number of aromatic nitrogens is 1. The number of nitrogens with one attached hydrogen (secondary N) is 1. The van der Waals surface area contributed by atoms with Crippen LogP contribution in [-0.2, 0) is 0 Å². The maximum atomic E-state index is 12.3. The molecule has 0 aliphatic heterocycles. The fourth-order valence-corrected chi connectivity index (χ4v) is 2.26. The van der Waals surface area contributed by atoms with Crippen LogP contribution in [0.1, 0.15) is 56.8 Å². The van der Waals surface area contributed by atoms with E-state index in [0.717, 1.165) is 18.4 Å². The molecule has 1 saturated carbocycles. The summed E-state index contributed by atoms with van der Waals surface area (Å²) in [5.74, 6) is -0.534. The van der Waals surface area contributed by atoms with Crippen molar-refractivity contribution in [2.24, 2.45) is 0 Å². The van der Waals surface area contributed by atoms with E-state index in [1.54, 1.807) is 26.0 Å². The maximum Gasteiger partial charge on any atom is 0.337 e. The van der Waals surface area contributed by atoms with E-state index in [1.165, 1.54) is 6.07 Å². The maximum absolute atomic E-state index is 12.3. The van der Waals surface area contributed by atoms with Crippen LogP contribution in [0.25, 0.3) is 0 Å². The molecule has 2 N–H and O–H groups in total. The number of aromatic carboxylic acids is 1. The van der Waals surface area contributed by atoms with Gasteiger partial charge in [-0.25, -0.2) is 9.78 Å². The molecule has 2 aromatic rings. The minimum Gasteiger partial charge on any atom is -0.478 e. The van der Waals surface area contributed by atoms with Crippen molar-refractivity contribution in [2.45, 2.75) is 32.6 Å². The zero-order chi connectivity index (χ0) is 15.9. The van der Waals surface area contributed by atoms with Gasteiger partial charge in [0.1, 0.15) is 0 Å². The molecule has 0 radical (unpaired) electrons. The molecule has 1 aliphatic rings. The Hall–Kier alpha value is -2.63. The van der Waals surface area contributed by atoms with Crippen LogP contribution < -0.4 is 5.32 Å². The lowest BCUT2D eigenvalue weighted by Crippen LogP contribution is -2.15. The van der Waals surface area contributed by atoms with Crippen molar-refractivity contribution >= 4 is 17.6 Å². The molecule has 1 aromatic heterocycles. The molecule has 6 heteroatoms. The van der Waals surface area contributed by atoms with Gasteiger partial charge in [-0.1, -0.05) is 11.6 Å². The average molecular weight is 300 g/mol. The Morgan fingerprint density at radius 3 is 2.68 bits per heavy atom. The molecule has 0 saturated heterocycles. The Morgan fingerprint density at radius 1 is 1.32 bits per heavy atom. The summed E-state index contributed by atoms with van der Waals surface area (Å²) in [5, 5.41) is 11.8. The molecule has 22 heavy (non-hydrogen) atoms. The summed E-state index contributed by atoms with van der Waals surface area (Å²) in [6, 6.07) is 4.83. The number of carbonyl (C=O) groups excluding carboxylic acids is 1. The second kappa shape index (κ2) is 5.29. The second-order valence-electron chi connectivity index (χ2n) is 5.55. The molecule has 3 rings (SSSR count). The van der Waals surface area contributed by atoms with Gasteiger partial charge in [0.2, 0.25) is 5.76 Å². The Labute approximate surface area is 127 Å². The van der Waals surface area contributed by atoms with Gasteiger partial charge in [0.05, 0.1) is 16.9 Å². The lowest BCUT2D eigenvalue weighted by Gasteiger charge is -2.08. The van der Waals surface area contributed by atoms with E-state index in [-0.39, 0.29) is 17.0 Å². The third kappa shape index (κ3) is 2.72. The topological polar surface area (TPSA) is 92.4 Å². The Balaban J connectivity index is 1.86. The minimum atomic E-state index is -1.09. The standard InChI is InChI=1S/C16H16N2O4/c1-8-3-6-12(11(7-8)16(20)21)18-14(19)13-9(2)17-15(22-13)10-4-5-10/h3,6-7,10H,4-5H2,1-2H3,(H,18,19)(H,20,21). The van der Waals surface area contributed by atoms with Gasteiger partial charge in [0.15, 0.2) is 5.89 Å². The Bertz CT molecular complexity index is 760. The normalized spacial score (nSPS) is 13.9. The average Bonchev–Trinajstić information content (AvgIpc) is 3.23. The number of rotatable bonds is 4. The van der Waals surface area contributed by atoms with Gasteiger partial charge in [0.25, 0.3) is 5.91 Å². The molecule has 1 heterocycles. The molecular weight excluding hydrogens is 284 g/mol. The van der Waals surface area contributed by atoms with Gasteiger partial charge < -0.3 is 14.8 Å². The number of carbonyl (C=O) groups is 2. The van der Waals surface area contributed by atoms with Crippen LogP contribution in [0.2, 0.25) is 0 Å². The first-order chi connectivity index (χ1) is 10.5. The Kier molecular flexibility index (Phi) is 3.44. The van der Waals surface area contributed by atoms with Crippen LogP contribution in [0.3, 0.4) is 0 Å². The number of oxazole rings is 1. The van der Waals surface area contributed by atoms with Crippen LogP contribution in [0, 0.1) is 13.8 Å². The first kappa shape index (κ1) is 14.3. The van der Waals surface area contributed by atoms with Gasteiger partial charge in [-0.2, -0.15) is 0 Å². The van der Waals surface area contributed by atoms with E-state index in [9.17, 15) is 14.7 Å². The highest BCUT2D eigenvalue weighted by molar-refractivity contribution is 6.06. The molecule has 6 nitrogen and oxygen atoms in total. The van der Waals surface area contributed by atoms with Crippen molar-refractivity contribution in [2.75, 3.05) is 5.32 Å². The molecule has 0 unspecified atom stereocenters. The lowest BCUT2D eigenvalue weighted by molar-refractivity contribution is 0.0698. The summed E-state index contributed by atoms with van der Waals surface area (Å²) in [6.45, 7) is 3.50. The van der Waals surface area contributed by atoms with E-state index in [1.807, 2.05) is 0 Å². The Morgan fingerprint density at radius 2 is 2.05 bits per heavy atom. The summed E-state index contributed by atoms with van der Waals surface area (Å²) >= 11 is 0. The molecule has 1 aromatic carbocycles. The molecule has 0 atom stereocenters. The largest absolute Gasteiger partial charge is 0.478 e. The smallest absolute Gasteiger partial charge is 0.337 e. The third-order valence-electron chi connectivity index (χ3n) is 3.60. The molecule has 114 valence electrons. The molecular formula is C16H16N2O4. The van der Waals surface area contributed by atoms with Crippen molar-refractivity contribution in [3.63, 3.8) is 0 Å². The zero-order valence-electron chi connectivity index (χ0n) is 12.3. The van der Waals surface area contributed by atoms with Crippen molar-refractivity contribution in [3.8, 4) is 0 Å². The molecule has 1 aliphatic carbocycles. The van der Waals surface area contributed by atoms with Crippen LogP contribution in [0.4, 0.5) is 5.69 Å². The number of hydrogen-bond donors (Lipinski definition) is 2. The summed E-state index contributed by atoms with van der Waals surface area (Å²) in [6.07, 6.45) is 2.06. The van der Waals surface area contributed by atoms with Crippen LogP contribution in [0.15, 0.2) is 22.6 Å². The van der Waals surface area contributed by atoms with E-state index < -0.39 is 11.9 Å². The predicted molar refractivity (Wildman–Crippen MR) is 79.3 cm³/mol. The van der Waals surface area contributed by atoms with E-state index >= 15 is 0 Å². The summed E-state index contributed by atoms with van der Waals surface area (Å²) in [4.78, 5) is 27.8. The van der Waals surface area contributed by atoms with Gasteiger partial charge in [-0.15, -0.1) is 0 Å². The van der Waals surface area contributed by atoms with Crippen LogP contribution in [-0.4, -0.2) is 22.0 Å². The summed E-state index contributed by atoms with van der Waals surface area (Å²) in [7, 11) is 0. The lowest BCUT2D eigenvalue weighted by atomic mass is 10.1. The first-order valence-electron chi connectivity index (χ1n) is 7.08. The number of nitrogens with zero attached hydrogens (tertiary/aromatic N) is 1. The molecule has 1 fully saturated rings. The van der Waals surface area contributed by atoms with E-state index in [0.29, 0.717) is 17.5 Å². The number of carboxylic acid groups (broad SMARTS) is 1. The van der Waals surface area contributed by atoms with Gasteiger partial charge in [-0.05, 0) is 38.8 Å². The zero-order valence-corrected chi connectivity index (χ0v) is 12.3. The minimum absolute atomic E-state index is 0.0490. The summed E-state index contributed by atoms with van der Waals surface area (Å²) in [5.41, 5.74) is 1.62. The predicted octanol–water partition coefficient (Wildman–Crippen LogP) is 3.12. The van der Waals surface area contributed by atoms with Crippen molar-refractivity contribution in [1.82, 2.24) is 4.98 Å². The fraction of sp³-hybridized carbons (Fsp3) is 0.312. The van der Waals surface area contributed by atoms with Gasteiger partial charge >= 0.3 is 5.97 Å². The van der Waals surface area contributed by atoms with Gasteiger partial charge in [-0.3, -0.25) is 4.79 Å². The highest BCUT2D eigenvalue weighted by Gasteiger charge is 2.31. The highest BCUT2D eigenvalue weighted by Crippen LogP contribution is 2.40. The number of carboxylic acids is 1. The summed E-state index contributed by atoms with van der Waals surface area (Å²) < 4.78 is 5.53. The van der Waals surface area contributed by atoms with Gasteiger partial charge in [0, 0.05) is 5.92 Å². The monoisotopic (exact) mass is 300 g/mol. The third-order valence-corrected chi connectivity index (χ3v) is 3.60. The highest BCUT2D eigenvalue weighted by atomic mass is 16.4. The van der Waals surface area contributed by atoms with Crippen molar-refractivity contribution in [1.29, 1.82) is 0 Å². The van der Waals surface area contributed by atoms with Crippen molar-refractivity contribution in [3.05, 3.63) is 46.7 Å².